The second-order valence-corrected chi connectivity index (χ2v) is 14.0. The molecule has 2 heterocycles. The van der Waals surface area contributed by atoms with Gasteiger partial charge in [0.05, 0.1) is 136 Å². The molecule has 22 heteroatoms. The molecule has 358 valence electrons. The Kier molecular flexibility index (Phi) is 27.5. The van der Waals surface area contributed by atoms with Gasteiger partial charge in [-0.1, -0.05) is 12.5 Å². The Morgan fingerprint density at radius 1 is 0.594 bits per heavy atom. The zero-order chi connectivity index (χ0) is 46.2. The monoisotopic (exact) mass is 911 g/mol. The summed E-state index contributed by atoms with van der Waals surface area (Å²) < 4.78 is 53.9. The number of benzene rings is 1. The van der Waals surface area contributed by atoms with Crippen molar-refractivity contribution in [3.63, 3.8) is 0 Å². The molecule has 2 aliphatic heterocycles. The maximum atomic E-state index is 13.2. The third-order valence-electron chi connectivity index (χ3n) is 9.20. The van der Waals surface area contributed by atoms with Crippen molar-refractivity contribution < 1.29 is 90.8 Å². The van der Waals surface area contributed by atoms with E-state index in [2.05, 4.69) is 10.6 Å². The summed E-state index contributed by atoms with van der Waals surface area (Å²) in [7, 11) is 0. The average Bonchev–Trinajstić information content (AvgIpc) is 3.53. The minimum Gasteiger partial charge on any atom is -0.476 e. The van der Waals surface area contributed by atoms with E-state index in [-0.39, 0.29) is 61.6 Å². The smallest absolute Gasteiger partial charge is 0.372 e. The lowest BCUT2D eigenvalue weighted by atomic mass is 10.0. The van der Waals surface area contributed by atoms with Crippen molar-refractivity contribution in [2.75, 3.05) is 131 Å². The van der Waals surface area contributed by atoms with E-state index in [1.807, 2.05) is 0 Å². The van der Waals surface area contributed by atoms with Crippen LogP contribution in [0.3, 0.4) is 0 Å². The number of hydrogen-bond donors (Lipinski definition) is 3. The van der Waals surface area contributed by atoms with Crippen LogP contribution in [0.5, 0.6) is 0 Å². The molecule has 0 bridgehead atoms. The third-order valence-corrected chi connectivity index (χ3v) is 9.20. The number of hydrogen-bond acceptors (Lipinski definition) is 18. The van der Waals surface area contributed by atoms with Crippen LogP contribution in [0.2, 0.25) is 0 Å². The van der Waals surface area contributed by atoms with Crippen LogP contribution in [0.25, 0.3) is 0 Å². The number of rotatable bonds is 39. The van der Waals surface area contributed by atoms with Crippen LogP contribution >= 0.6 is 0 Å². The molecule has 0 aromatic heterocycles. The van der Waals surface area contributed by atoms with Gasteiger partial charge in [-0.15, -0.1) is 0 Å². The highest BCUT2D eigenvalue weighted by Gasteiger charge is 2.45. The molecule has 22 nitrogen and oxygen atoms in total. The van der Waals surface area contributed by atoms with E-state index in [1.54, 1.807) is 12.1 Å². The summed E-state index contributed by atoms with van der Waals surface area (Å²) in [6, 6.07) is 3.49. The second-order valence-electron chi connectivity index (χ2n) is 14.0. The summed E-state index contributed by atoms with van der Waals surface area (Å²) in [5, 5.41) is 13.4. The topological polar surface area (TPSA) is 276 Å². The number of piperidine rings is 1. The van der Waals surface area contributed by atoms with Crippen LogP contribution in [0.1, 0.15) is 72.1 Å². The summed E-state index contributed by atoms with van der Waals surface area (Å²) >= 11 is 0. The number of amides is 5. The minimum atomic E-state index is -1.57. The van der Waals surface area contributed by atoms with Crippen LogP contribution in [0.15, 0.2) is 18.2 Å². The van der Waals surface area contributed by atoms with E-state index in [1.165, 1.54) is 6.07 Å². The standard InChI is InChI=1S/C42H61N3O19/c46-34(42(53)54)9-11-37(49)64-30-29-63-28-27-62-26-25-61-24-23-60-22-21-59-20-19-58-18-17-57-16-15-56-14-13-55-12-3-1-2-7-35(47)43-32-6-4-5-31-38(32)41(52)45(40(31)51)33-8-10-36(48)44-39(33)50/h4-6,33H,1-3,7-30H2,(H,43,47)(H,53,54)(H,44,48,50). The van der Waals surface area contributed by atoms with E-state index < -0.39 is 53.8 Å². The predicted octanol–water partition coefficient (Wildman–Crippen LogP) is 0.713. The molecule has 0 spiro atoms. The molecule has 0 saturated carbocycles. The van der Waals surface area contributed by atoms with Crippen LogP contribution in [0.4, 0.5) is 5.69 Å². The van der Waals surface area contributed by atoms with Crippen LogP contribution in [-0.2, 0) is 76.1 Å². The van der Waals surface area contributed by atoms with Crippen molar-refractivity contribution >= 4 is 52.9 Å². The van der Waals surface area contributed by atoms with Crippen molar-refractivity contribution in [2.24, 2.45) is 0 Å². The SMILES string of the molecule is O=C1CCC(N2C(=O)c3cccc(NC(=O)CCCCCOCCOCCOCCOCCOCCOCCOCCOCCOCCOC(=O)CCC(=O)C(=O)O)c3C2=O)C(=O)N1. The fourth-order valence-corrected chi connectivity index (χ4v) is 5.97. The average molecular weight is 912 g/mol. The second kappa shape index (κ2) is 32.8. The summed E-state index contributed by atoms with van der Waals surface area (Å²) in [6.07, 6.45) is 1.68. The number of unbranched alkanes of at least 4 members (excludes halogenated alkanes) is 2. The largest absolute Gasteiger partial charge is 0.476 e. The normalized spacial score (nSPS) is 14.8. The highest BCUT2D eigenvalue weighted by atomic mass is 16.6. The van der Waals surface area contributed by atoms with Gasteiger partial charge in [0.15, 0.2) is 0 Å². The number of fused-ring (bicyclic) bond motifs is 1. The maximum Gasteiger partial charge on any atom is 0.372 e. The summed E-state index contributed by atoms with van der Waals surface area (Å²) in [6.45, 7) is 7.17. The molecule has 1 saturated heterocycles. The molecule has 1 aromatic rings. The minimum absolute atomic E-state index is 0.00316. The van der Waals surface area contributed by atoms with Gasteiger partial charge >= 0.3 is 11.9 Å². The van der Waals surface area contributed by atoms with Crippen LogP contribution in [0, 0.1) is 0 Å². The molecule has 0 radical (unpaired) electrons. The Balaban J connectivity index is 0.991. The first-order valence-electron chi connectivity index (χ1n) is 21.4. The molecule has 1 unspecified atom stereocenters. The number of Topliss-reactive ketones (excluding diaryl/α,β-unsaturated/α-hetero) is 1. The van der Waals surface area contributed by atoms with Gasteiger partial charge in [0.25, 0.3) is 11.8 Å². The number of carboxylic acids is 1. The van der Waals surface area contributed by atoms with Gasteiger partial charge in [0.2, 0.25) is 23.5 Å². The molecular weight excluding hydrogens is 850 g/mol. The van der Waals surface area contributed by atoms with Crippen molar-refractivity contribution in [1.29, 1.82) is 0 Å². The molecule has 1 aromatic carbocycles. The molecule has 3 rings (SSSR count). The highest BCUT2D eigenvalue weighted by molar-refractivity contribution is 6.32. The van der Waals surface area contributed by atoms with Gasteiger partial charge in [-0.2, -0.15) is 0 Å². The van der Waals surface area contributed by atoms with Gasteiger partial charge in [-0.3, -0.25) is 43.8 Å². The molecular formula is C42H61N3O19. The molecule has 1 fully saturated rings. The Bertz CT molecular complexity index is 1640. The number of nitrogens with zero attached hydrogens (tertiary/aromatic N) is 1. The number of carboxylic acid groups (broad SMARTS) is 1. The van der Waals surface area contributed by atoms with Gasteiger partial charge in [0.1, 0.15) is 12.6 Å². The van der Waals surface area contributed by atoms with Gasteiger partial charge in [-0.25, -0.2) is 4.79 Å². The predicted molar refractivity (Wildman–Crippen MR) is 220 cm³/mol. The Hall–Kier alpha value is -4.78. The molecule has 5 amide bonds. The fraction of sp³-hybridized carbons (Fsp3) is 0.667. The Labute approximate surface area is 371 Å². The number of nitrogens with one attached hydrogen (secondary N) is 2. The van der Waals surface area contributed by atoms with E-state index in [9.17, 15) is 38.4 Å². The van der Waals surface area contributed by atoms with Crippen LogP contribution < -0.4 is 10.6 Å². The first-order valence-corrected chi connectivity index (χ1v) is 21.4. The van der Waals surface area contributed by atoms with Crippen LogP contribution in [-0.4, -0.2) is 189 Å². The van der Waals surface area contributed by atoms with E-state index in [4.69, 9.17) is 52.5 Å². The third kappa shape index (κ3) is 21.7. The lowest BCUT2D eigenvalue weighted by Crippen LogP contribution is -2.54. The fourth-order valence-electron chi connectivity index (χ4n) is 5.97. The Morgan fingerprint density at radius 3 is 1.56 bits per heavy atom. The lowest BCUT2D eigenvalue weighted by molar-refractivity contribution is -0.151. The number of ketones is 1. The number of ether oxygens (including phenoxy) is 10. The van der Waals surface area contributed by atoms with Crippen molar-refractivity contribution in [2.45, 2.75) is 57.4 Å². The quantitative estimate of drug-likeness (QED) is 0.0355. The van der Waals surface area contributed by atoms with E-state index >= 15 is 0 Å². The number of anilines is 1. The number of carbonyl (C=O) groups is 8. The first-order chi connectivity index (χ1) is 31.1. The molecule has 3 N–H and O–H groups in total. The summed E-state index contributed by atoms with van der Waals surface area (Å²) in [5.41, 5.74) is 0.349. The zero-order valence-electron chi connectivity index (χ0n) is 36.1. The highest BCUT2D eigenvalue weighted by Crippen LogP contribution is 2.32. The first kappa shape index (κ1) is 53.6. The van der Waals surface area contributed by atoms with Gasteiger partial charge in [-0.05, 0) is 31.4 Å². The Morgan fingerprint density at radius 2 is 1.08 bits per heavy atom. The molecule has 0 aliphatic carbocycles. The maximum absolute atomic E-state index is 13.2. The van der Waals surface area contributed by atoms with Gasteiger partial charge in [0, 0.05) is 25.9 Å². The molecule has 64 heavy (non-hydrogen) atoms. The summed E-state index contributed by atoms with van der Waals surface area (Å²) in [5.74, 6) is -6.04. The number of esters is 1. The molecule has 1 atom stereocenters. The molecule has 2 aliphatic rings. The number of aliphatic carboxylic acids is 1. The van der Waals surface area contributed by atoms with Crippen molar-refractivity contribution in [1.82, 2.24) is 10.2 Å². The number of imide groups is 2. The van der Waals surface area contributed by atoms with E-state index in [0.717, 1.165) is 17.7 Å². The van der Waals surface area contributed by atoms with Gasteiger partial charge < -0.3 is 57.8 Å². The zero-order valence-corrected chi connectivity index (χ0v) is 36.1. The lowest BCUT2D eigenvalue weighted by Gasteiger charge is -2.27. The number of carbonyl (C=O) groups excluding carboxylic acids is 7. The van der Waals surface area contributed by atoms with Crippen molar-refractivity contribution in [3.05, 3.63) is 29.3 Å². The summed E-state index contributed by atoms with van der Waals surface area (Å²) in [4.78, 5) is 96.3. The van der Waals surface area contributed by atoms with E-state index in [0.29, 0.717) is 119 Å². The van der Waals surface area contributed by atoms with Crippen molar-refractivity contribution in [3.8, 4) is 0 Å².